The van der Waals surface area contributed by atoms with Crippen molar-refractivity contribution < 1.29 is 25.9 Å². The second kappa shape index (κ2) is 4.61. The van der Waals surface area contributed by atoms with Crippen LogP contribution in [0.5, 0.6) is 0 Å². The van der Waals surface area contributed by atoms with Gasteiger partial charge < -0.3 is 0 Å². The normalized spacial score (nSPS) is 11.9. The minimum atomic E-state index is -4.62. The Hall–Kier alpha value is -1.16. The molecule has 0 radical (unpaired) electrons. The van der Waals surface area contributed by atoms with E-state index in [1.165, 1.54) is 0 Å². The highest BCUT2D eigenvalue weighted by molar-refractivity contribution is 7.86. The second-order valence-corrected chi connectivity index (χ2v) is 5.84. The first kappa shape index (κ1) is 13.9. The Labute approximate surface area is 102 Å². The summed E-state index contributed by atoms with van der Waals surface area (Å²) in [5.74, 6) is 0. The Bertz CT molecular complexity index is 649. The van der Waals surface area contributed by atoms with Crippen LogP contribution >= 0.6 is 12.2 Å². The first-order valence-electron chi connectivity index (χ1n) is 3.82. The SMILES string of the molecule is O=S(=O)(O)c1cc(N=C=S)cc(S(=O)(=O)O)c1. The Morgan fingerprint density at radius 1 is 1.00 bits per heavy atom. The molecule has 1 aromatic rings. The molecular weight excluding hydrogens is 290 g/mol. The topological polar surface area (TPSA) is 121 Å². The van der Waals surface area contributed by atoms with Gasteiger partial charge in [-0.25, -0.2) is 0 Å². The van der Waals surface area contributed by atoms with Gasteiger partial charge in [-0.1, -0.05) is 0 Å². The maximum absolute atomic E-state index is 10.9. The van der Waals surface area contributed by atoms with Crippen molar-refractivity contribution in [1.82, 2.24) is 0 Å². The highest BCUT2D eigenvalue weighted by atomic mass is 32.2. The fourth-order valence-electron chi connectivity index (χ4n) is 0.972. The molecule has 0 atom stereocenters. The molecule has 0 saturated carbocycles. The Kier molecular flexibility index (Phi) is 3.77. The van der Waals surface area contributed by atoms with E-state index in [1.807, 2.05) is 5.16 Å². The predicted octanol–water partition coefficient (Wildman–Crippen LogP) is 0.914. The molecule has 0 fully saturated rings. The van der Waals surface area contributed by atoms with Gasteiger partial charge in [0.2, 0.25) is 0 Å². The minimum absolute atomic E-state index is 0.178. The molecule has 0 aliphatic carbocycles. The van der Waals surface area contributed by atoms with Crippen molar-refractivity contribution in [1.29, 1.82) is 0 Å². The Balaban J connectivity index is 3.68. The zero-order valence-corrected chi connectivity index (χ0v) is 10.4. The summed E-state index contributed by atoms with van der Waals surface area (Å²) in [5.41, 5.74) is -0.178. The molecular formula is C7H5NO6S3. The minimum Gasteiger partial charge on any atom is -0.282 e. The van der Waals surface area contributed by atoms with Crippen LogP contribution in [-0.2, 0) is 20.2 Å². The van der Waals surface area contributed by atoms with Gasteiger partial charge in [-0.15, -0.1) is 0 Å². The van der Waals surface area contributed by atoms with Crippen LogP contribution in [0.4, 0.5) is 5.69 Å². The molecule has 17 heavy (non-hydrogen) atoms. The van der Waals surface area contributed by atoms with E-state index in [9.17, 15) is 16.8 Å². The van der Waals surface area contributed by atoms with Crippen LogP contribution < -0.4 is 0 Å². The number of thiocarbonyl (C=S) groups is 1. The third kappa shape index (κ3) is 3.66. The van der Waals surface area contributed by atoms with Crippen molar-refractivity contribution in [2.24, 2.45) is 4.99 Å². The van der Waals surface area contributed by atoms with E-state index in [0.717, 1.165) is 12.1 Å². The predicted molar refractivity (Wildman–Crippen MR) is 60.8 cm³/mol. The zero-order valence-electron chi connectivity index (χ0n) is 7.93. The van der Waals surface area contributed by atoms with Crippen LogP contribution in [0.15, 0.2) is 33.0 Å². The molecule has 10 heteroatoms. The van der Waals surface area contributed by atoms with Crippen molar-refractivity contribution in [3.63, 3.8) is 0 Å². The molecule has 1 aromatic carbocycles. The smallest absolute Gasteiger partial charge is 0.282 e. The van der Waals surface area contributed by atoms with E-state index in [4.69, 9.17) is 9.11 Å². The van der Waals surface area contributed by atoms with Crippen molar-refractivity contribution in [2.75, 3.05) is 0 Å². The standard InChI is InChI=1S/C7H5NO6S3/c9-16(10,11)6-1-5(8-4-15)2-7(3-6)17(12,13)14/h1-3H,(H,9,10,11)(H,12,13,14). The lowest BCUT2D eigenvalue weighted by Gasteiger charge is -2.02. The van der Waals surface area contributed by atoms with Crippen LogP contribution in [0, 0.1) is 0 Å². The Morgan fingerprint density at radius 3 is 1.71 bits per heavy atom. The number of hydrogen-bond acceptors (Lipinski definition) is 6. The average molecular weight is 295 g/mol. The average Bonchev–Trinajstić information content (AvgIpc) is 2.15. The molecule has 2 N–H and O–H groups in total. The lowest BCUT2D eigenvalue weighted by Crippen LogP contribution is -2.03. The molecule has 1 rings (SSSR count). The molecule has 0 aliphatic heterocycles. The number of isothiocyanates is 1. The maximum Gasteiger partial charge on any atom is 0.294 e. The lowest BCUT2D eigenvalue weighted by molar-refractivity contribution is 0.481. The first-order valence-corrected chi connectivity index (χ1v) is 7.11. The third-order valence-electron chi connectivity index (χ3n) is 1.64. The summed E-state index contributed by atoms with van der Waals surface area (Å²) in [7, 11) is -9.25. The number of hydrogen-bond donors (Lipinski definition) is 2. The van der Waals surface area contributed by atoms with Gasteiger partial charge in [-0.2, -0.15) is 21.8 Å². The summed E-state index contributed by atoms with van der Waals surface area (Å²) in [6.45, 7) is 0. The van der Waals surface area contributed by atoms with Gasteiger partial charge in [-0.05, 0) is 30.4 Å². The maximum atomic E-state index is 10.9. The van der Waals surface area contributed by atoms with E-state index in [-0.39, 0.29) is 5.69 Å². The van der Waals surface area contributed by atoms with E-state index < -0.39 is 30.0 Å². The Morgan fingerprint density at radius 2 is 1.41 bits per heavy atom. The van der Waals surface area contributed by atoms with Gasteiger partial charge in [-0.3, -0.25) is 9.11 Å². The van der Waals surface area contributed by atoms with Crippen molar-refractivity contribution in [3.05, 3.63) is 18.2 Å². The lowest BCUT2D eigenvalue weighted by atomic mass is 10.3. The highest BCUT2D eigenvalue weighted by Crippen LogP contribution is 2.23. The summed E-state index contributed by atoms with van der Waals surface area (Å²) < 4.78 is 61.0. The molecule has 0 aliphatic rings. The number of nitrogens with zero attached hydrogens (tertiary/aromatic N) is 1. The highest BCUT2D eigenvalue weighted by Gasteiger charge is 2.17. The zero-order chi connectivity index (χ0) is 13.3. The molecule has 92 valence electrons. The van der Waals surface area contributed by atoms with E-state index in [0.29, 0.717) is 6.07 Å². The van der Waals surface area contributed by atoms with Gasteiger partial charge in [0.1, 0.15) is 0 Å². The second-order valence-electron chi connectivity index (χ2n) is 2.82. The van der Waals surface area contributed by atoms with Crippen molar-refractivity contribution >= 4 is 43.3 Å². The number of aliphatic imine (C=N–C) groups is 1. The summed E-state index contributed by atoms with van der Waals surface area (Å²) in [6.07, 6.45) is 0. The van der Waals surface area contributed by atoms with Crippen LogP contribution in [0.1, 0.15) is 0 Å². The number of benzene rings is 1. The molecule has 0 amide bonds. The van der Waals surface area contributed by atoms with Crippen LogP contribution in [-0.4, -0.2) is 31.1 Å². The van der Waals surface area contributed by atoms with Gasteiger partial charge in [0.05, 0.1) is 20.6 Å². The molecule has 0 heterocycles. The van der Waals surface area contributed by atoms with Gasteiger partial charge in [0.25, 0.3) is 20.2 Å². The third-order valence-corrected chi connectivity index (χ3v) is 3.39. The van der Waals surface area contributed by atoms with Gasteiger partial charge >= 0.3 is 0 Å². The van der Waals surface area contributed by atoms with E-state index >= 15 is 0 Å². The fourth-order valence-corrected chi connectivity index (χ4v) is 2.24. The molecule has 0 aromatic heterocycles. The van der Waals surface area contributed by atoms with E-state index in [1.54, 1.807) is 0 Å². The monoisotopic (exact) mass is 295 g/mol. The molecule has 0 unspecified atom stereocenters. The van der Waals surface area contributed by atoms with Crippen molar-refractivity contribution in [2.45, 2.75) is 9.79 Å². The van der Waals surface area contributed by atoms with E-state index in [2.05, 4.69) is 17.2 Å². The fraction of sp³-hybridized carbons (Fsp3) is 0. The first-order chi connectivity index (χ1) is 7.64. The van der Waals surface area contributed by atoms with Gasteiger partial charge in [0, 0.05) is 0 Å². The summed E-state index contributed by atoms with van der Waals surface area (Å²) >= 11 is 4.27. The summed E-state index contributed by atoms with van der Waals surface area (Å²) in [5, 5.41) is 1.90. The molecule has 0 saturated heterocycles. The van der Waals surface area contributed by atoms with Crippen molar-refractivity contribution in [3.8, 4) is 0 Å². The van der Waals surface area contributed by atoms with Crippen LogP contribution in [0.3, 0.4) is 0 Å². The van der Waals surface area contributed by atoms with Gasteiger partial charge in [0.15, 0.2) is 0 Å². The van der Waals surface area contributed by atoms with Crippen LogP contribution in [0.25, 0.3) is 0 Å². The number of rotatable bonds is 3. The molecule has 0 spiro atoms. The quantitative estimate of drug-likeness (QED) is 0.483. The molecule has 0 bridgehead atoms. The largest absolute Gasteiger partial charge is 0.294 e. The van der Waals surface area contributed by atoms with Crippen LogP contribution in [0.2, 0.25) is 0 Å². The summed E-state index contributed by atoms with van der Waals surface area (Å²) in [4.78, 5) is 1.92. The summed E-state index contributed by atoms with van der Waals surface area (Å²) in [6, 6.07) is 2.35. The molecule has 7 nitrogen and oxygen atoms in total.